The molecular weight excluding hydrogens is 736 g/mol. The van der Waals surface area contributed by atoms with E-state index in [2.05, 4.69) is 12.2 Å². The Hall–Kier alpha value is -1.01. The van der Waals surface area contributed by atoms with Crippen molar-refractivity contribution >= 4 is 5.97 Å². The molecule has 0 saturated carbocycles. The quantitative estimate of drug-likeness (QED) is 0.117. The van der Waals surface area contributed by atoms with E-state index in [1.807, 2.05) is 46.7 Å². The third kappa shape index (κ3) is 12.1. The van der Waals surface area contributed by atoms with Gasteiger partial charge >= 0.3 is 5.97 Å². The third-order valence-corrected chi connectivity index (χ3v) is 13.5. The van der Waals surface area contributed by atoms with Crippen LogP contribution in [-0.4, -0.2) is 154 Å². The summed E-state index contributed by atoms with van der Waals surface area (Å²) in [5.74, 6) is -3.25. The first-order valence-electron chi connectivity index (χ1n) is 21.7. The van der Waals surface area contributed by atoms with Crippen LogP contribution >= 0.6 is 0 Å². The summed E-state index contributed by atoms with van der Waals surface area (Å²) < 4.78 is 37.9. The van der Waals surface area contributed by atoms with Gasteiger partial charge in [0.2, 0.25) is 0 Å². The zero-order chi connectivity index (χ0) is 43.2. The Morgan fingerprint density at radius 1 is 0.877 bits per heavy atom. The maximum absolute atomic E-state index is 14.4. The molecule has 0 radical (unpaired) electrons. The van der Waals surface area contributed by atoms with Gasteiger partial charge in [0.1, 0.15) is 23.9 Å². The molecule has 3 aliphatic rings. The van der Waals surface area contributed by atoms with Gasteiger partial charge in [-0.15, -0.1) is 0 Å². The molecule has 3 heterocycles. The lowest BCUT2D eigenvalue weighted by Crippen LogP contribution is -2.62. The van der Waals surface area contributed by atoms with Gasteiger partial charge in [0.25, 0.3) is 0 Å². The zero-order valence-corrected chi connectivity index (χ0v) is 37.6. The standard InChI is InChI=1S/C43H82N2O12/c1-15-17-18-19-20-44-33-24(3)22-41(9,50)38(57-40-34(46)30(45(12)13)21-25(4)53-40)27(6)35(56-32-23-42(10,52-14)37(48)29(8)54-32)28(7)39(49)55-31(16-2)43(11,51)36(47)26(33)5/h24-38,40,44,46-48,50-51H,15-23H2,1-14H3/t24-,25-,26+,27+,28-,29+,30+,31-,32+,33?,34-,35+,36-,37+,38?,40+,41-,42-,43-/m1/s1. The van der Waals surface area contributed by atoms with Crippen molar-refractivity contribution in [3.05, 3.63) is 0 Å². The average molecular weight is 819 g/mol. The number of cyclic esters (lactones) is 1. The first kappa shape index (κ1) is 50.3. The van der Waals surface area contributed by atoms with Crippen LogP contribution in [0.25, 0.3) is 0 Å². The van der Waals surface area contributed by atoms with E-state index in [-0.39, 0.29) is 43.4 Å². The van der Waals surface area contributed by atoms with E-state index in [0.29, 0.717) is 13.0 Å². The SMILES string of the molecule is CCCCCCNC1[C@H](C)C[C@@](C)(O)C(O[C@@H]2O[C@H](C)C[C@H](N(C)C)[C@H]2O)[C@@H](C)[C@H](O[C@H]2C[C@@](C)(OC)[C@@H](O)[C@H](C)O2)[C@@H](C)C(=O)O[C@H](CC)[C@@](C)(O)[C@H](O)[C@H]1C. The fraction of sp³-hybridized carbons (Fsp3) is 0.977. The number of aliphatic hydroxyl groups excluding tert-OH is 3. The number of esters is 1. The number of carbonyl (C=O) groups is 1. The second kappa shape index (κ2) is 21.2. The molecule has 3 fully saturated rings. The summed E-state index contributed by atoms with van der Waals surface area (Å²) in [6.07, 6.45) is -4.21. The maximum Gasteiger partial charge on any atom is 0.311 e. The molecule has 3 aliphatic heterocycles. The first-order chi connectivity index (χ1) is 26.5. The van der Waals surface area contributed by atoms with Gasteiger partial charge in [-0.2, -0.15) is 0 Å². The van der Waals surface area contributed by atoms with Gasteiger partial charge in [0, 0.05) is 37.5 Å². The molecule has 2 unspecified atom stereocenters. The monoisotopic (exact) mass is 819 g/mol. The molecule has 14 nitrogen and oxygen atoms in total. The summed E-state index contributed by atoms with van der Waals surface area (Å²) in [6, 6.07) is -0.655. The highest BCUT2D eigenvalue weighted by atomic mass is 16.7. The average Bonchev–Trinajstić information content (AvgIpc) is 3.14. The van der Waals surface area contributed by atoms with Crippen LogP contribution in [0.2, 0.25) is 0 Å². The summed E-state index contributed by atoms with van der Waals surface area (Å²) in [5, 5.41) is 63.1. The largest absolute Gasteiger partial charge is 0.459 e. The molecule has 0 aromatic heterocycles. The van der Waals surface area contributed by atoms with Crippen molar-refractivity contribution in [2.45, 2.75) is 218 Å². The Morgan fingerprint density at radius 3 is 2.11 bits per heavy atom. The molecule has 57 heavy (non-hydrogen) atoms. The molecule has 0 aliphatic carbocycles. The Bertz CT molecular complexity index is 1220. The van der Waals surface area contributed by atoms with E-state index in [9.17, 15) is 30.3 Å². The Kier molecular flexibility index (Phi) is 18.7. The van der Waals surface area contributed by atoms with Crippen LogP contribution in [0.5, 0.6) is 0 Å². The molecule has 0 spiro atoms. The second-order valence-electron chi connectivity index (χ2n) is 18.8. The predicted octanol–water partition coefficient (Wildman–Crippen LogP) is 3.76. The number of hydrogen-bond donors (Lipinski definition) is 6. The molecule has 0 amide bonds. The lowest BCUT2D eigenvalue weighted by molar-refractivity contribution is -0.318. The number of likely N-dealkylation sites (N-methyl/N-ethyl adjacent to an activating group) is 1. The minimum Gasteiger partial charge on any atom is -0.459 e. The van der Waals surface area contributed by atoms with Gasteiger partial charge in [-0.05, 0) is 93.8 Å². The summed E-state index contributed by atoms with van der Waals surface area (Å²) in [5.41, 5.74) is -4.47. The van der Waals surface area contributed by atoms with Crippen molar-refractivity contribution in [1.82, 2.24) is 10.2 Å². The Morgan fingerprint density at radius 2 is 1.53 bits per heavy atom. The number of hydrogen-bond acceptors (Lipinski definition) is 14. The van der Waals surface area contributed by atoms with Crippen molar-refractivity contribution in [2.24, 2.45) is 23.7 Å². The van der Waals surface area contributed by atoms with E-state index in [1.54, 1.807) is 34.6 Å². The number of nitrogens with one attached hydrogen (secondary N) is 1. The van der Waals surface area contributed by atoms with Crippen LogP contribution in [0.3, 0.4) is 0 Å². The summed E-state index contributed by atoms with van der Waals surface area (Å²) in [7, 11) is 5.30. The third-order valence-electron chi connectivity index (χ3n) is 13.5. The molecular formula is C43H82N2O12. The van der Waals surface area contributed by atoms with Crippen LogP contribution in [0.4, 0.5) is 0 Å². The molecule has 336 valence electrons. The molecule has 0 bridgehead atoms. The Labute approximate surface area is 343 Å². The van der Waals surface area contributed by atoms with E-state index in [4.69, 9.17) is 28.4 Å². The number of methoxy groups -OCH3 is 1. The summed E-state index contributed by atoms with van der Waals surface area (Å²) in [4.78, 5) is 16.3. The van der Waals surface area contributed by atoms with Gasteiger partial charge in [0.15, 0.2) is 12.6 Å². The molecule has 0 aromatic rings. The highest BCUT2D eigenvalue weighted by molar-refractivity contribution is 5.73. The van der Waals surface area contributed by atoms with Crippen molar-refractivity contribution < 1.29 is 58.7 Å². The van der Waals surface area contributed by atoms with Gasteiger partial charge in [-0.1, -0.05) is 53.9 Å². The number of aliphatic hydroxyl groups is 5. The summed E-state index contributed by atoms with van der Waals surface area (Å²) >= 11 is 0. The highest BCUT2D eigenvalue weighted by Gasteiger charge is 2.53. The first-order valence-corrected chi connectivity index (χ1v) is 21.7. The van der Waals surface area contributed by atoms with Crippen molar-refractivity contribution in [3.8, 4) is 0 Å². The second-order valence-corrected chi connectivity index (χ2v) is 18.8. The lowest BCUT2D eigenvalue weighted by Gasteiger charge is -2.49. The smallest absolute Gasteiger partial charge is 0.311 e. The van der Waals surface area contributed by atoms with Crippen LogP contribution in [0.1, 0.15) is 128 Å². The highest BCUT2D eigenvalue weighted by Crippen LogP contribution is 2.41. The fourth-order valence-corrected chi connectivity index (χ4v) is 9.81. The minimum atomic E-state index is -1.82. The molecule has 6 N–H and O–H groups in total. The Balaban J connectivity index is 2.20. The van der Waals surface area contributed by atoms with E-state index in [1.165, 1.54) is 14.0 Å². The molecule has 3 rings (SSSR count). The molecule has 14 heteroatoms. The number of nitrogens with zero attached hydrogens (tertiary/aromatic N) is 1. The van der Waals surface area contributed by atoms with Crippen LogP contribution in [0, 0.1) is 23.7 Å². The van der Waals surface area contributed by atoms with Crippen molar-refractivity contribution in [2.75, 3.05) is 27.7 Å². The van der Waals surface area contributed by atoms with Gasteiger partial charge in [-0.3, -0.25) is 4.79 Å². The molecule has 3 saturated heterocycles. The number of carbonyl (C=O) groups excluding carboxylic acids is 1. The van der Waals surface area contributed by atoms with E-state index in [0.717, 1.165) is 25.7 Å². The lowest BCUT2D eigenvalue weighted by atomic mass is 9.72. The number of rotatable bonds is 13. The fourth-order valence-electron chi connectivity index (χ4n) is 9.81. The maximum atomic E-state index is 14.4. The summed E-state index contributed by atoms with van der Waals surface area (Å²) in [6.45, 7) is 20.7. The topological polar surface area (TPSA) is 189 Å². The van der Waals surface area contributed by atoms with Gasteiger partial charge in [0.05, 0.1) is 47.6 Å². The normalized spacial score (nSPS) is 47.1. The molecule has 0 aromatic carbocycles. The van der Waals surface area contributed by atoms with Crippen LogP contribution in [-0.2, 0) is 33.2 Å². The van der Waals surface area contributed by atoms with Gasteiger partial charge < -0.3 is 64.2 Å². The van der Waals surface area contributed by atoms with Crippen molar-refractivity contribution in [3.63, 3.8) is 0 Å². The van der Waals surface area contributed by atoms with Gasteiger partial charge in [-0.25, -0.2) is 0 Å². The molecule has 19 atom stereocenters. The van der Waals surface area contributed by atoms with Crippen LogP contribution in [0.15, 0.2) is 0 Å². The number of unbranched alkanes of at least 4 members (excludes halogenated alkanes) is 3. The van der Waals surface area contributed by atoms with Crippen molar-refractivity contribution in [1.29, 1.82) is 0 Å². The zero-order valence-electron chi connectivity index (χ0n) is 37.6. The van der Waals surface area contributed by atoms with E-state index >= 15 is 0 Å². The minimum absolute atomic E-state index is 0.132. The van der Waals surface area contributed by atoms with Crippen LogP contribution < -0.4 is 5.32 Å². The predicted molar refractivity (Wildman–Crippen MR) is 217 cm³/mol. The van der Waals surface area contributed by atoms with E-state index < -0.39 is 95.8 Å². The number of ether oxygens (including phenoxy) is 6.